The Hall–Kier alpha value is -2.11. The fourth-order valence-corrected chi connectivity index (χ4v) is 1.38. The predicted molar refractivity (Wildman–Crippen MR) is 65.3 cm³/mol. The highest BCUT2D eigenvalue weighted by Gasteiger charge is 2.15. The quantitative estimate of drug-likeness (QED) is 0.603. The summed E-state index contributed by atoms with van der Waals surface area (Å²) in [5, 5.41) is 16.2. The van der Waals surface area contributed by atoms with E-state index in [0.717, 1.165) is 6.42 Å². The number of nitro groups is 1. The molecule has 0 fully saturated rings. The van der Waals surface area contributed by atoms with Gasteiger partial charge in [0.25, 0.3) is 11.6 Å². The normalized spacial score (nSPS) is 9.76. The summed E-state index contributed by atoms with van der Waals surface area (Å²) >= 11 is 0. The van der Waals surface area contributed by atoms with Gasteiger partial charge in [-0.3, -0.25) is 14.9 Å². The summed E-state index contributed by atoms with van der Waals surface area (Å²) in [5.74, 6) is -0.264. The van der Waals surface area contributed by atoms with Crippen LogP contribution >= 0.6 is 0 Å². The van der Waals surface area contributed by atoms with Crippen LogP contribution in [0.4, 0.5) is 11.4 Å². The first-order valence-electron chi connectivity index (χ1n) is 5.34. The van der Waals surface area contributed by atoms with Crippen LogP contribution in [0.5, 0.6) is 0 Å². The fraction of sp³-hybridized carbons (Fsp3) is 0.364. The maximum absolute atomic E-state index is 11.4. The molecule has 0 atom stereocenters. The number of hydrogen-bond acceptors (Lipinski definition) is 4. The molecule has 0 saturated carbocycles. The Balaban J connectivity index is 3.09. The maximum atomic E-state index is 11.4. The van der Waals surface area contributed by atoms with Crippen LogP contribution in [0.2, 0.25) is 0 Å². The van der Waals surface area contributed by atoms with E-state index in [9.17, 15) is 14.9 Å². The molecule has 1 aromatic carbocycles. The lowest BCUT2D eigenvalue weighted by molar-refractivity contribution is -0.384. The van der Waals surface area contributed by atoms with Gasteiger partial charge in [0.05, 0.1) is 4.92 Å². The van der Waals surface area contributed by atoms with Gasteiger partial charge in [0, 0.05) is 25.2 Å². The Labute approximate surface area is 99.2 Å². The average molecular weight is 237 g/mol. The monoisotopic (exact) mass is 237 g/mol. The minimum absolute atomic E-state index is 0.0221. The Morgan fingerprint density at radius 2 is 2.18 bits per heavy atom. The van der Waals surface area contributed by atoms with Crippen LogP contribution < -0.4 is 10.6 Å². The molecule has 0 aliphatic carbocycles. The van der Waals surface area contributed by atoms with E-state index < -0.39 is 4.92 Å². The Morgan fingerprint density at radius 1 is 1.47 bits per heavy atom. The molecule has 1 amide bonds. The first-order chi connectivity index (χ1) is 8.10. The van der Waals surface area contributed by atoms with E-state index >= 15 is 0 Å². The molecule has 0 bridgehead atoms. The number of nitrogens with zero attached hydrogens (tertiary/aromatic N) is 1. The van der Waals surface area contributed by atoms with Crippen LogP contribution in [-0.4, -0.2) is 24.4 Å². The third-order valence-electron chi connectivity index (χ3n) is 2.25. The molecule has 0 spiro atoms. The van der Waals surface area contributed by atoms with Gasteiger partial charge < -0.3 is 10.6 Å². The van der Waals surface area contributed by atoms with Gasteiger partial charge in [0.1, 0.15) is 5.69 Å². The molecule has 0 aliphatic rings. The van der Waals surface area contributed by atoms with Crippen LogP contribution in [-0.2, 0) is 0 Å². The summed E-state index contributed by atoms with van der Waals surface area (Å²) in [6.45, 7) is 2.58. The van der Waals surface area contributed by atoms with E-state index in [4.69, 9.17) is 0 Å². The summed E-state index contributed by atoms with van der Waals surface area (Å²) in [7, 11) is 1.52. The van der Waals surface area contributed by atoms with E-state index in [0.29, 0.717) is 17.8 Å². The summed E-state index contributed by atoms with van der Waals surface area (Å²) in [6.07, 6.45) is 0.849. The van der Waals surface area contributed by atoms with Crippen LogP contribution in [0.1, 0.15) is 23.7 Å². The number of benzene rings is 1. The highest BCUT2D eigenvalue weighted by molar-refractivity contribution is 5.95. The Bertz CT molecular complexity index is 432. The Morgan fingerprint density at radius 3 is 2.71 bits per heavy atom. The molecule has 6 nitrogen and oxygen atoms in total. The first-order valence-corrected chi connectivity index (χ1v) is 5.34. The highest BCUT2D eigenvalue weighted by atomic mass is 16.6. The number of carbonyl (C=O) groups is 1. The van der Waals surface area contributed by atoms with Crippen molar-refractivity contribution in [3.63, 3.8) is 0 Å². The fourth-order valence-electron chi connectivity index (χ4n) is 1.38. The molecule has 6 heteroatoms. The van der Waals surface area contributed by atoms with Gasteiger partial charge in [-0.15, -0.1) is 0 Å². The zero-order valence-corrected chi connectivity index (χ0v) is 9.82. The van der Waals surface area contributed by atoms with Gasteiger partial charge in [0.15, 0.2) is 0 Å². The van der Waals surface area contributed by atoms with Crippen molar-refractivity contribution in [2.45, 2.75) is 13.3 Å². The summed E-state index contributed by atoms with van der Waals surface area (Å²) < 4.78 is 0. The molecule has 0 heterocycles. The minimum Gasteiger partial charge on any atom is -0.379 e. The summed E-state index contributed by atoms with van der Waals surface area (Å²) in [6, 6.07) is 4.27. The zero-order valence-electron chi connectivity index (χ0n) is 9.82. The minimum atomic E-state index is -0.467. The van der Waals surface area contributed by atoms with Crippen molar-refractivity contribution in [1.82, 2.24) is 5.32 Å². The smallest absolute Gasteiger partial charge is 0.292 e. The molecule has 92 valence electrons. The van der Waals surface area contributed by atoms with Gasteiger partial charge >= 0.3 is 0 Å². The molecular weight excluding hydrogens is 222 g/mol. The first kappa shape index (κ1) is 13.0. The van der Waals surface area contributed by atoms with Crippen LogP contribution in [0, 0.1) is 10.1 Å². The van der Waals surface area contributed by atoms with E-state index in [1.54, 1.807) is 0 Å². The third kappa shape index (κ3) is 3.17. The van der Waals surface area contributed by atoms with Crippen molar-refractivity contribution in [3.8, 4) is 0 Å². The van der Waals surface area contributed by atoms with Crippen LogP contribution in [0.3, 0.4) is 0 Å². The van der Waals surface area contributed by atoms with Gasteiger partial charge in [-0.1, -0.05) is 6.92 Å². The summed E-state index contributed by atoms with van der Waals surface area (Å²) in [5.41, 5.74) is 0.751. The molecule has 0 unspecified atom stereocenters. The molecule has 0 radical (unpaired) electrons. The Kier molecular flexibility index (Phi) is 4.45. The number of nitro benzene ring substituents is 1. The lowest BCUT2D eigenvalue weighted by Gasteiger charge is -2.07. The largest absolute Gasteiger partial charge is 0.379 e. The highest BCUT2D eigenvalue weighted by Crippen LogP contribution is 2.25. The number of anilines is 1. The SMILES string of the molecule is CCCNc1cc(C(=O)NC)ccc1[N+](=O)[O-]. The molecule has 0 aliphatic heterocycles. The predicted octanol–water partition coefficient (Wildman–Crippen LogP) is 1.78. The molecule has 1 rings (SSSR count). The van der Waals surface area contributed by atoms with Gasteiger partial charge in [0.2, 0.25) is 0 Å². The van der Waals surface area contributed by atoms with Crippen molar-refractivity contribution in [2.75, 3.05) is 18.9 Å². The molecular formula is C11H15N3O3. The van der Waals surface area contributed by atoms with Crippen LogP contribution in [0.15, 0.2) is 18.2 Å². The maximum Gasteiger partial charge on any atom is 0.292 e. The summed E-state index contributed by atoms with van der Waals surface area (Å²) in [4.78, 5) is 21.7. The average Bonchev–Trinajstić information content (AvgIpc) is 2.34. The number of hydrogen-bond donors (Lipinski definition) is 2. The number of amides is 1. The molecule has 0 aromatic heterocycles. The lowest BCUT2D eigenvalue weighted by atomic mass is 10.1. The molecule has 0 saturated heterocycles. The van der Waals surface area contributed by atoms with Gasteiger partial charge in [-0.05, 0) is 18.6 Å². The second-order valence-electron chi connectivity index (χ2n) is 3.49. The van der Waals surface area contributed by atoms with Crippen molar-refractivity contribution < 1.29 is 9.72 Å². The number of nitrogens with one attached hydrogen (secondary N) is 2. The van der Waals surface area contributed by atoms with Gasteiger partial charge in [-0.2, -0.15) is 0 Å². The second-order valence-corrected chi connectivity index (χ2v) is 3.49. The molecule has 2 N–H and O–H groups in total. The lowest BCUT2D eigenvalue weighted by Crippen LogP contribution is -2.18. The number of rotatable bonds is 5. The van der Waals surface area contributed by atoms with E-state index in [2.05, 4.69) is 10.6 Å². The van der Waals surface area contributed by atoms with E-state index in [1.165, 1.54) is 25.2 Å². The van der Waals surface area contributed by atoms with Crippen molar-refractivity contribution in [1.29, 1.82) is 0 Å². The topological polar surface area (TPSA) is 84.3 Å². The van der Waals surface area contributed by atoms with E-state index in [1.807, 2.05) is 6.92 Å². The third-order valence-corrected chi connectivity index (χ3v) is 2.25. The van der Waals surface area contributed by atoms with Crippen LogP contribution in [0.25, 0.3) is 0 Å². The van der Waals surface area contributed by atoms with Crippen molar-refractivity contribution >= 4 is 17.3 Å². The van der Waals surface area contributed by atoms with Gasteiger partial charge in [-0.25, -0.2) is 0 Å². The van der Waals surface area contributed by atoms with Crippen molar-refractivity contribution in [2.24, 2.45) is 0 Å². The van der Waals surface area contributed by atoms with E-state index in [-0.39, 0.29) is 11.6 Å². The standard InChI is InChI=1S/C11H15N3O3/c1-3-6-13-9-7-8(11(15)12-2)4-5-10(9)14(16)17/h4-5,7,13H,3,6H2,1-2H3,(H,12,15). The zero-order chi connectivity index (χ0) is 12.8. The molecule has 1 aromatic rings. The number of carbonyl (C=O) groups excluding carboxylic acids is 1. The second kappa shape index (κ2) is 5.83. The van der Waals surface area contributed by atoms with Crippen molar-refractivity contribution in [3.05, 3.63) is 33.9 Å². The molecule has 17 heavy (non-hydrogen) atoms.